The van der Waals surface area contributed by atoms with Crippen LogP contribution in [0.25, 0.3) is 0 Å². The smallest absolute Gasteiger partial charge is 0.254 e. The number of nitrogens with zero attached hydrogens (tertiary/aromatic N) is 2. The lowest BCUT2D eigenvalue weighted by Crippen LogP contribution is -2.50. The van der Waals surface area contributed by atoms with Gasteiger partial charge in [-0.15, -0.1) is 0 Å². The van der Waals surface area contributed by atoms with Crippen molar-refractivity contribution in [3.63, 3.8) is 0 Å². The molecule has 4 rings (SSSR count). The van der Waals surface area contributed by atoms with Gasteiger partial charge >= 0.3 is 0 Å². The van der Waals surface area contributed by atoms with Crippen molar-refractivity contribution in [1.82, 2.24) is 15.1 Å². The number of carbonyl (C=O) groups excluding carboxylic acids is 3. The fourth-order valence-electron chi connectivity index (χ4n) is 5.67. The second-order valence-corrected chi connectivity index (χ2v) is 8.99. The Bertz CT molecular complexity index is 850. The van der Waals surface area contributed by atoms with Crippen molar-refractivity contribution >= 4 is 17.6 Å². The van der Waals surface area contributed by atoms with E-state index in [0.29, 0.717) is 30.5 Å². The summed E-state index contributed by atoms with van der Waals surface area (Å²) in [5, 5.41) is 3.12. The summed E-state index contributed by atoms with van der Waals surface area (Å²) in [5.74, 6) is 0.211. The van der Waals surface area contributed by atoms with Gasteiger partial charge in [0, 0.05) is 42.7 Å². The lowest BCUT2D eigenvalue weighted by molar-refractivity contribution is -0.133. The molecule has 2 amide bonds. The Morgan fingerprint density at radius 3 is 2.76 bits per heavy atom. The van der Waals surface area contributed by atoms with Crippen LogP contribution in [-0.2, 0) is 11.2 Å². The van der Waals surface area contributed by atoms with Gasteiger partial charge in [-0.2, -0.15) is 0 Å². The third-order valence-corrected chi connectivity index (χ3v) is 7.21. The molecule has 6 heteroatoms. The summed E-state index contributed by atoms with van der Waals surface area (Å²) < 4.78 is 0. The van der Waals surface area contributed by atoms with Crippen molar-refractivity contribution in [3.8, 4) is 0 Å². The molecule has 2 fully saturated rings. The van der Waals surface area contributed by atoms with Gasteiger partial charge in [0.05, 0.1) is 5.41 Å². The van der Waals surface area contributed by atoms with Gasteiger partial charge in [-0.25, -0.2) is 0 Å². The molecule has 0 radical (unpaired) electrons. The van der Waals surface area contributed by atoms with E-state index in [-0.39, 0.29) is 29.7 Å². The summed E-state index contributed by atoms with van der Waals surface area (Å²) in [6.07, 6.45) is 4.43. The molecule has 2 saturated heterocycles. The first kappa shape index (κ1) is 20.1. The first-order valence-electron chi connectivity index (χ1n) is 10.8. The van der Waals surface area contributed by atoms with Crippen LogP contribution in [0.4, 0.5) is 0 Å². The maximum absolute atomic E-state index is 13.6. The zero-order chi connectivity index (χ0) is 20.8. The summed E-state index contributed by atoms with van der Waals surface area (Å²) in [4.78, 5) is 42.9. The van der Waals surface area contributed by atoms with Crippen molar-refractivity contribution in [3.05, 3.63) is 34.9 Å². The molecule has 0 unspecified atom stereocenters. The number of hydrogen-bond donors (Lipinski definition) is 1. The number of carbonyl (C=O) groups is 3. The lowest BCUT2D eigenvalue weighted by Gasteiger charge is -2.35. The Kier molecular flexibility index (Phi) is 5.23. The number of Topliss-reactive ketones (excluding diaryl/α,β-unsaturated/α-hetero) is 1. The second-order valence-electron chi connectivity index (χ2n) is 8.99. The fourth-order valence-corrected chi connectivity index (χ4v) is 5.67. The zero-order valence-electron chi connectivity index (χ0n) is 17.7. The molecule has 6 nitrogen and oxygen atoms in total. The summed E-state index contributed by atoms with van der Waals surface area (Å²) in [6, 6.07) is 5.54. The van der Waals surface area contributed by atoms with Crippen LogP contribution in [-0.4, -0.2) is 66.7 Å². The van der Waals surface area contributed by atoms with Gasteiger partial charge in [0.2, 0.25) is 5.91 Å². The highest BCUT2D eigenvalue weighted by molar-refractivity contribution is 6.06. The van der Waals surface area contributed by atoms with Gasteiger partial charge in [0.25, 0.3) is 5.91 Å². The monoisotopic (exact) mass is 397 g/mol. The van der Waals surface area contributed by atoms with Gasteiger partial charge in [-0.1, -0.05) is 19.1 Å². The van der Waals surface area contributed by atoms with Crippen molar-refractivity contribution in [2.45, 2.75) is 57.5 Å². The second kappa shape index (κ2) is 7.56. The van der Waals surface area contributed by atoms with Crippen LogP contribution in [0.15, 0.2) is 18.2 Å². The number of ketones is 1. The highest BCUT2D eigenvalue weighted by Crippen LogP contribution is 2.52. The van der Waals surface area contributed by atoms with Crippen LogP contribution in [0.1, 0.15) is 65.3 Å². The summed E-state index contributed by atoms with van der Waals surface area (Å²) in [6.45, 7) is 3.48. The number of fused-ring (bicyclic) bond motifs is 3. The highest BCUT2D eigenvalue weighted by atomic mass is 16.2. The number of hydrogen-bond acceptors (Lipinski definition) is 4. The fraction of sp³-hybridized carbons (Fsp3) is 0.609. The standard InChI is InChI=1S/C23H31N3O3/c1-4-23(22(29)24-12-13-25(2)3)14-15-8-11-20(23)26(15)21(28)18-7-5-6-17-16(18)9-10-19(17)27/h5-7,15,20H,4,8-14H2,1-3H3,(H,24,29)/t15-,20+,23+/m1/s1. The van der Waals surface area contributed by atoms with Gasteiger partial charge in [0.1, 0.15) is 0 Å². The van der Waals surface area contributed by atoms with E-state index in [9.17, 15) is 14.4 Å². The molecule has 0 aromatic heterocycles. The van der Waals surface area contributed by atoms with Crippen LogP contribution in [0, 0.1) is 5.41 Å². The van der Waals surface area contributed by atoms with Crippen LogP contribution < -0.4 is 5.32 Å². The Labute approximate surface area is 172 Å². The van der Waals surface area contributed by atoms with Crippen LogP contribution in [0.5, 0.6) is 0 Å². The third kappa shape index (κ3) is 3.18. The first-order chi connectivity index (χ1) is 13.9. The van der Waals surface area contributed by atoms with Crippen molar-refractivity contribution in [2.24, 2.45) is 5.41 Å². The van der Waals surface area contributed by atoms with Gasteiger partial charge in [-0.05, 0) is 57.8 Å². The van der Waals surface area contributed by atoms with E-state index in [2.05, 4.69) is 12.2 Å². The average molecular weight is 398 g/mol. The zero-order valence-corrected chi connectivity index (χ0v) is 17.7. The van der Waals surface area contributed by atoms with Gasteiger partial charge < -0.3 is 15.1 Å². The van der Waals surface area contributed by atoms with E-state index in [1.807, 2.05) is 42.1 Å². The average Bonchev–Trinajstić information content (AvgIpc) is 3.38. The Morgan fingerprint density at radius 2 is 2.03 bits per heavy atom. The molecular formula is C23H31N3O3. The van der Waals surface area contributed by atoms with E-state index in [1.54, 1.807) is 0 Å². The van der Waals surface area contributed by atoms with E-state index in [0.717, 1.165) is 37.8 Å². The maximum Gasteiger partial charge on any atom is 0.254 e. The van der Waals surface area contributed by atoms with Crippen LogP contribution in [0.3, 0.4) is 0 Å². The Balaban J connectivity index is 1.58. The van der Waals surface area contributed by atoms with Crippen molar-refractivity contribution < 1.29 is 14.4 Å². The number of benzene rings is 1. The molecule has 1 aromatic carbocycles. The number of amides is 2. The summed E-state index contributed by atoms with van der Waals surface area (Å²) in [5.41, 5.74) is 1.75. The Morgan fingerprint density at radius 1 is 1.24 bits per heavy atom. The summed E-state index contributed by atoms with van der Waals surface area (Å²) >= 11 is 0. The quantitative estimate of drug-likeness (QED) is 0.800. The van der Waals surface area contributed by atoms with Crippen molar-refractivity contribution in [1.29, 1.82) is 0 Å². The third-order valence-electron chi connectivity index (χ3n) is 7.21. The number of nitrogens with one attached hydrogen (secondary N) is 1. The summed E-state index contributed by atoms with van der Waals surface area (Å²) in [7, 11) is 3.98. The molecule has 1 aromatic rings. The topological polar surface area (TPSA) is 69.7 Å². The molecule has 156 valence electrons. The SMILES string of the molecule is CC[C@]1(C(=O)NCCN(C)C)C[C@H]2CC[C@@H]1N2C(=O)c1cccc2c1CCC2=O. The van der Waals surface area contributed by atoms with Crippen molar-refractivity contribution in [2.75, 3.05) is 27.2 Å². The lowest BCUT2D eigenvalue weighted by atomic mass is 9.71. The Hall–Kier alpha value is -2.21. The van der Waals surface area contributed by atoms with Crippen LogP contribution >= 0.6 is 0 Å². The molecule has 1 N–H and O–H groups in total. The molecule has 29 heavy (non-hydrogen) atoms. The first-order valence-corrected chi connectivity index (χ1v) is 10.8. The van der Waals surface area contributed by atoms with Crippen LogP contribution in [0.2, 0.25) is 0 Å². The molecule has 2 bridgehead atoms. The molecule has 3 atom stereocenters. The molecule has 3 aliphatic rings. The minimum absolute atomic E-state index is 0.000432. The molecule has 2 heterocycles. The van der Waals surface area contributed by atoms with E-state index >= 15 is 0 Å². The van der Waals surface area contributed by atoms with Gasteiger partial charge in [-0.3, -0.25) is 14.4 Å². The molecular weight excluding hydrogens is 366 g/mol. The van der Waals surface area contributed by atoms with Gasteiger partial charge in [0.15, 0.2) is 5.78 Å². The molecule has 0 spiro atoms. The molecule has 1 aliphatic carbocycles. The predicted molar refractivity (Wildman–Crippen MR) is 111 cm³/mol. The normalized spacial score (nSPS) is 27.6. The highest BCUT2D eigenvalue weighted by Gasteiger charge is 2.60. The largest absolute Gasteiger partial charge is 0.354 e. The number of rotatable bonds is 6. The van der Waals surface area contributed by atoms with E-state index < -0.39 is 5.41 Å². The van der Waals surface area contributed by atoms with E-state index in [1.165, 1.54) is 0 Å². The van der Waals surface area contributed by atoms with E-state index in [4.69, 9.17) is 0 Å². The maximum atomic E-state index is 13.6. The minimum atomic E-state index is -0.501. The molecule has 0 saturated carbocycles. The number of likely N-dealkylation sites (N-methyl/N-ethyl adjacent to an activating group) is 1. The predicted octanol–water partition coefficient (Wildman–Crippen LogP) is 2.27. The minimum Gasteiger partial charge on any atom is -0.354 e. The molecule has 2 aliphatic heterocycles.